The summed E-state index contributed by atoms with van der Waals surface area (Å²) in [4.78, 5) is 0. The molecule has 11 N–H and O–H groups in total. The Hall–Kier alpha value is -0.640. The van der Waals surface area contributed by atoms with Gasteiger partial charge in [-0.15, -0.1) is 0 Å². The summed E-state index contributed by atoms with van der Waals surface area (Å²) in [5.41, 5.74) is 0. The molecule has 200 valence electrons. The van der Waals surface area contributed by atoms with Gasteiger partial charge in [0.25, 0.3) is 0 Å². The molecule has 3 heterocycles. The Morgan fingerprint density at radius 1 is 0.588 bits per heavy atom. The van der Waals surface area contributed by atoms with Gasteiger partial charge in [0.2, 0.25) is 5.79 Å². The fourth-order valence-electron chi connectivity index (χ4n) is 4.01. The topological polar surface area (TPSA) is 269 Å². The van der Waals surface area contributed by atoms with Crippen molar-refractivity contribution in [2.75, 3.05) is 26.4 Å². The molecule has 3 aliphatic rings. The van der Waals surface area contributed by atoms with E-state index < -0.39 is 112 Å². The molecule has 0 radical (unpaired) electrons. The van der Waals surface area contributed by atoms with Crippen LogP contribution in [0.5, 0.6) is 0 Å². The first-order valence-electron chi connectivity index (χ1n) is 10.6. The number of aliphatic hydroxyl groups excluding tert-OH is 11. The van der Waals surface area contributed by atoms with E-state index in [1.54, 1.807) is 0 Å². The molecule has 0 aromatic carbocycles. The molecule has 0 amide bonds. The van der Waals surface area contributed by atoms with Crippen molar-refractivity contribution in [3.05, 3.63) is 0 Å². The Morgan fingerprint density at radius 2 is 1.12 bits per heavy atom. The average molecular weight is 504 g/mol. The highest BCUT2D eigenvalue weighted by Crippen LogP contribution is 2.36. The molecule has 0 aliphatic carbocycles. The van der Waals surface area contributed by atoms with E-state index in [1.165, 1.54) is 0 Å². The van der Waals surface area contributed by atoms with Crippen molar-refractivity contribution in [1.82, 2.24) is 0 Å². The van der Waals surface area contributed by atoms with E-state index in [0.29, 0.717) is 0 Å². The maximum atomic E-state index is 10.3. The highest BCUT2D eigenvalue weighted by atomic mass is 16.8. The largest absolute Gasteiger partial charge is 0.394 e. The van der Waals surface area contributed by atoms with Gasteiger partial charge in [0.15, 0.2) is 12.6 Å². The number of hydrogen-bond acceptors (Lipinski definition) is 16. The van der Waals surface area contributed by atoms with Crippen LogP contribution in [0.4, 0.5) is 0 Å². The van der Waals surface area contributed by atoms with Gasteiger partial charge in [0.05, 0.1) is 19.8 Å². The quantitative estimate of drug-likeness (QED) is 0.146. The second kappa shape index (κ2) is 11.2. The molecule has 3 fully saturated rings. The first-order chi connectivity index (χ1) is 16.0. The van der Waals surface area contributed by atoms with E-state index in [2.05, 4.69) is 0 Å². The molecule has 3 aliphatic heterocycles. The first kappa shape index (κ1) is 27.9. The van der Waals surface area contributed by atoms with Gasteiger partial charge in [-0.3, -0.25) is 0 Å². The minimum Gasteiger partial charge on any atom is -0.394 e. The van der Waals surface area contributed by atoms with Crippen molar-refractivity contribution in [2.24, 2.45) is 0 Å². The second-order valence-electron chi connectivity index (χ2n) is 8.41. The lowest BCUT2D eigenvalue weighted by atomic mass is 9.98. The zero-order valence-electron chi connectivity index (χ0n) is 17.8. The summed E-state index contributed by atoms with van der Waals surface area (Å²) in [7, 11) is 0. The molecule has 34 heavy (non-hydrogen) atoms. The van der Waals surface area contributed by atoms with E-state index in [1.807, 2.05) is 0 Å². The standard InChI is InChI=1S/C18H32O16/c19-1-5-8(22)11(25)13(27)16(31-5)30-3-7-9(23)12(26)14(28)17(32-7)34-18(4-21)15(29)10(24)6(2-20)33-18/h5-17,19-29H,1-4H2/t5-,6+,7-,8+,9-,10+,11+,12+,13-,14-,15-,16+,17-,18-/m1/s1. The third kappa shape index (κ3) is 5.09. The van der Waals surface area contributed by atoms with Crippen LogP contribution in [-0.4, -0.2) is 168 Å². The summed E-state index contributed by atoms with van der Waals surface area (Å²) < 4.78 is 26.4. The lowest BCUT2D eigenvalue weighted by Crippen LogP contribution is -2.63. The van der Waals surface area contributed by atoms with Gasteiger partial charge in [-0.1, -0.05) is 0 Å². The van der Waals surface area contributed by atoms with Crippen LogP contribution in [0.15, 0.2) is 0 Å². The molecule has 14 atom stereocenters. The monoisotopic (exact) mass is 504 g/mol. The molecular weight excluding hydrogens is 472 g/mol. The van der Waals surface area contributed by atoms with E-state index >= 15 is 0 Å². The number of rotatable bonds is 8. The number of hydrogen-bond donors (Lipinski definition) is 11. The van der Waals surface area contributed by atoms with Crippen LogP contribution in [0.1, 0.15) is 0 Å². The van der Waals surface area contributed by atoms with Crippen LogP contribution in [0.3, 0.4) is 0 Å². The molecular formula is C18H32O16. The molecule has 16 nitrogen and oxygen atoms in total. The van der Waals surface area contributed by atoms with Crippen molar-refractivity contribution >= 4 is 0 Å². The molecule has 16 heteroatoms. The van der Waals surface area contributed by atoms with Crippen molar-refractivity contribution in [1.29, 1.82) is 0 Å². The molecule has 0 saturated carbocycles. The maximum Gasteiger partial charge on any atom is 0.224 e. The Kier molecular flexibility index (Phi) is 9.18. The Labute approximate surface area is 192 Å². The Morgan fingerprint density at radius 3 is 1.65 bits per heavy atom. The van der Waals surface area contributed by atoms with Crippen molar-refractivity contribution in [3.63, 3.8) is 0 Å². The SMILES string of the molecule is OC[C@@H]1O[C@](CO)(O[C@H]2O[C@H](CO[C@H]3O[C@H](CO)[C@H](O)[C@H](O)[C@H]3O)[C@@H](O)[C@H](O)[C@H]2O)[C@H](O)[C@H]1O. The zero-order chi connectivity index (χ0) is 25.4. The third-order valence-corrected chi connectivity index (χ3v) is 6.16. The predicted octanol–water partition coefficient (Wildman–Crippen LogP) is -7.57. The van der Waals surface area contributed by atoms with Crippen LogP contribution in [-0.2, 0) is 23.7 Å². The van der Waals surface area contributed by atoms with Crippen LogP contribution < -0.4 is 0 Å². The highest BCUT2D eigenvalue weighted by molar-refractivity contribution is 4.98. The molecule has 0 aromatic rings. The van der Waals surface area contributed by atoms with Gasteiger partial charge in [-0.05, 0) is 0 Å². The molecule has 0 spiro atoms. The van der Waals surface area contributed by atoms with Gasteiger partial charge < -0.3 is 79.9 Å². The van der Waals surface area contributed by atoms with E-state index in [-0.39, 0.29) is 0 Å². The Bertz CT molecular complexity index is 653. The summed E-state index contributed by atoms with van der Waals surface area (Å²) in [5, 5.41) is 109. The van der Waals surface area contributed by atoms with Crippen molar-refractivity contribution in [2.45, 2.75) is 85.5 Å². The van der Waals surface area contributed by atoms with Gasteiger partial charge in [-0.2, -0.15) is 0 Å². The van der Waals surface area contributed by atoms with Crippen LogP contribution >= 0.6 is 0 Å². The third-order valence-electron chi connectivity index (χ3n) is 6.16. The summed E-state index contributed by atoms with van der Waals surface area (Å²) in [6, 6.07) is 0. The van der Waals surface area contributed by atoms with Crippen LogP contribution in [0.2, 0.25) is 0 Å². The smallest absolute Gasteiger partial charge is 0.224 e. The number of aliphatic hydroxyl groups is 11. The molecule has 0 aromatic heterocycles. The highest BCUT2D eigenvalue weighted by Gasteiger charge is 2.58. The van der Waals surface area contributed by atoms with Crippen LogP contribution in [0.25, 0.3) is 0 Å². The fraction of sp³-hybridized carbons (Fsp3) is 1.00. The van der Waals surface area contributed by atoms with Crippen molar-refractivity contribution in [3.8, 4) is 0 Å². The van der Waals surface area contributed by atoms with Crippen LogP contribution in [0, 0.1) is 0 Å². The lowest BCUT2D eigenvalue weighted by molar-refractivity contribution is -0.388. The van der Waals surface area contributed by atoms with E-state index in [0.717, 1.165) is 0 Å². The van der Waals surface area contributed by atoms with E-state index in [9.17, 15) is 56.2 Å². The second-order valence-corrected chi connectivity index (χ2v) is 8.41. The predicted molar refractivity (Wildman–Crippen MR) is 101 cm³/mol. The van der Waals surface area contributed by atoms with Gasteiger partial charge >= 0.3 is 0 Å². The maximum absolute atomic E-state index is 10.3. The van der Waals surface area contributed by atoms with Crippen molar-refractivity contribution < 1.29 is 79.9 Å². The zero-order valence-corrected chi connectivity index (χ0v) is 17.8. The molecule has 3 rings (SSSR count). The summed E-state index contributed by atoms with van der Waals surface area (Å²) in [5.74, 6) is -2.36. The summed E-state index contributed by atoms with van der Waals surface area (Å²) in [6.45, 7) is -3.14. The minimum atomic E-state index is -2.36. The first-order valence-corrected chi connectivity index (χ1v) is 10.6. The Balaban J connectivity index is 1.69. The molecule has 0 bridgehead atoms. The average Bonchev–Trinajstić information content (AvgIpc) is 3.08. The summed E-state index contributed by atoms with van der Waals surface area (Å²) >= 11 is 0. The van der Waals surface area contributed by atoms with Gasteiger partial charge in [-0.25, -0.2) is 0 Å². The summed E-state index contributed by atoms with van der Waals surface area (Å²) in [6.07, 6.45) is -21.8. The van der Waals surface area contributed by atoms with E-state index in [4.69, 9.17) is 23.7 Å². The fourth-order valence-corrected chi connectivity index (χ4v) is 4.01. The minimum absolute atomic E-state index is 0.634. The lowest BCUT2D eigenvalue weighted by Gasteiger charge is -2.44. The molecule has 3 saturated heterocycles. The number of ether oxygens (including phenoxy) is 5. The van der Waals surface area contributed by atoms with Gasteiger partial charge in [0, 0.05) is 0 Å². The normalized spacial score (nSPS) is 52.1. The van der Waals surface area contributed by atoms with Gasteiger partial charge in [0.1, 0.15) is 73.8 Å². The molecule has 0 unspecified atom stereocenters.